The summed E-state index contributed by atoms with van der Waals surface area (Å²) < 4.78 is 0. The van der Waals surface area contributed by atoms with E-state index in [1.807, 2.05) is 6.92 Å². The van der Waals surface area contributed by atoms with Gasteiger partial charge in [0.15, 0.2) is 0 Å². The van der Waals surface area contributed by atoms with Gasteiger partial charge in [0.1, 0.15) is 5.75 Å². The number of primary amides is 1. The van der Waals surface area contributed by atoms with Crippen molar-refractivity contribution in [3.05, 3.63) is 29.8 Å². The highest BCUT2D eigenvalue weighted by Gasteiger charge is 2.21. The lowest BCUT2D eigenvalue weighted by Gasteiger charge is -2.22. The number of phenolic OH excluding ortho intramolecular Hbond substituents is 1. The van der Waals surface area contributed by atoms with Gasteiger partial charge in [-0.05, 0) is 30.5 Å². The number of likely N-dealkylation sites (N-methyl/N-ethyl adjacent to an activating group) is 1. The number of hydrogen-bond acceptors (Lipinski definition) is 4. The Kier molecular flexibility index (Phi) is 7.91. The molecule has 0 saturated carbocycles. The molecule has 1 aromatic rings. The number of hydrogen-bond donors (Lipinski definition) is 3. The van der Waals surface area contributed by atoms with Gasteiger partial charge in [0.05, 0.1) is 6.54 Å². The molecule has 3 amide bonds. The molecule has 0 radical (unpaired) electrons. The molecule has 0 aliphatic carbocycles. The fourth-order valence-corrected chi connectivity index (χ4v) is 2.56. The lowest BCUT2D eigenvalue weighted by Crippen LogP contribution is -2.45. The first-order valence-corrected chi connectivity index (χ1v) is 8.33. The van der Waals surface area contributed by atoms with Crippen molar-refractivity contribution >= 4 is 17.7 Å². The van der Waals surface area contributed by atoms with Gasteiger partial charge in [0, 0.05) is 25.4 Å². The van der Waals surface area contributed by atoms with Crippen molar-refractivity contribution in [1.29, 1.82) is 0 Å². The van der Waals surface area contributed by atoms with Gasteiger partial charge in [-0.3, -0.25) is 14.4 Å². The number of carbonyl (C=O) groups is 3. The van der Waals surface area contributed by atoms with Crippen LogP contribution in [0.1, 0.15) is 32.3 Å². The van der Waals surface area contributed by atoms with Crippen molar-refractivity contribution in [1.82, 2.24) is 10.2 Å². The standard InChI is InChI=1S/C18H27N3O4/c1-4-14(10-16(19)23)20-17(24)11-21(3)18(25)12(2)9-13-5-7-15(22)8-6-13/h5-8,12,14,22H,4,9-11H2,1-3H3,(H2,19,23)(H,20,24). The summed E-state index contributed by atoms with van der Waals surface area (Å²) >= 11 is 0. The molecule has 0 spiro atoms. The lowest BCUT2D eigenvalue weighted by atomic mass is 10.00. The molecule has 2 atom stereocenters. The number of aromatic hydroxyl groups is 1. The third-order valence-corrected chi connectivity index (χ3v) is 3.96. The molecule has 25 heavy (non-hydrogen) atoms. The second kappa shape index (κ2) is 9.66. The molecule has 4 N–H and O–H groups in total. The van der Waals surface area contributed by atoms with Gasteiger partial charge in [-0.1, -0.05) is 26.0 Å². The van der Waals surface area contributed by atoms with Crippen LogP contribution in [0.3, 0.4) is 0 Å². The first-order valence-electron chi connectivity index (χ1n) is 8.33. The summed E-state index contributed by atoms with van der Waals surface area (Å²) in [5.74, 6) is -1.06. The number of nitrogens with zero attached hydrogens (tertiary/aromatic N) is 1. The van der Waals surface area contributed by atoms with Crippen LogP contribution in [0, 0.1) is 5.92 Å². The largest absolute Gasteiger partial charge is 0.508 e. The molecule has 7 nitrogen and oxygen atoms in total. The molecular weight excluding hydrogens is 322 g/mol. The van der Waals surface area contributed by atoms with Crippen LogP contribution in [0.2, 0.25) is 0 Å². The Labute approximate surface area is 148 Å². The summed E-state index contributed by atoms with van der Waals surface area (Å²) in [6.45, 7) is 3.57. The zero-order valence-electron chi connectivity index (χ0n) is 15.0. The fourth-order valence-electron chi connectivity index (χ4n) is 2.56. The molecule has 0 fully saturated rings. The Balaban J connectivity index is 2.52. The fraction of sp³-hybridized carbons (Fsp3) is 0.500. The second-order valence-electron chi connectivity index (χ2n) is 6.31. The SMILES string of the molecule is CCC(CC(N)=O)NC(=O)CN(C)C(=O)C(C)Cc1ccc(O)cc1. The van der Waals surface area contributed by atoms with Crippen LogP contribution in [-0.2, 0) is 20.8 Å². The summed E-state index contributed by atoms with van der Waals surface area (Å²) in [6, 6.07) is 6.37. The van der Waals surface area contributed by atoms with Crippen molar-refractivity contribution in [2.45, 2.75) is 39.2 Å². The highest BCUT2D eigenvalue weighted by atomic mass is 16.3. The summed E-state index contributed by atoms with van der Waals surface area (Å²) in [5, 5.41) is 12.0. The summed E-state index contributed by atoms with van der Waals surface area (Å²) in [7, 11) is 1.57. The van der Waals surface area contributed by atoms with Crippen LogP contribution in [0.15, 0.2) is 24.3 Å². The molecule has 0 bridgehead atoms. The Bertz CT molecular complexity index is 601. The van der Waals surface area contributed by atoms with Crippen LogP contribution in [0.4, 0.5) is 0 Å². The normalized spacial score (nSPS) is 12.9. The van der Waals surface area contributed by atoms with Gasteiger partial charge in [0.2, 0.25) is 17.7 Å². The van der Waals surface area contributed by atoms with E-state index >= 15 is 0 Å². The molecule has 0 aliphatic heterocycles. The van der Waals surface area contributed by atoms with Crippen molar-refractivity contribution in [3.63, 3.8) is 0 Å². The number of rotatable bonds is 9. The van der Waals surface area contributed by atoms with E-state index in [0.717, 1.165) is 5.56 Å². The van der Waals surface area contributed by atoms with Crippen LogP contribution >= 0.6 is 0 Å². The van der Waals surface area contributed by atoms with Gasteiger partial charge in [-0.2, -0.15) is 0 Å². The smallest absolute Gasteiger partial charge is 0.239 e. The van der Waals surface area contributed by atoms with Crippen LogP contribution in [-0.4, -0.2) is 47.4 Å². The number of carbonyl (C=O) groups excluding carboxylic acids is 3. The number of phenols is 1. The van der Waals surface area contributed by atoms with Crippen molar-refractivity contribution in [2.24, 2.45) is 11.7 Å². The quantitative estimate of drug-likeness (QED) is 0.612. The van der Waals surface area contributed by atoms with Gasteiger partial charge >= 0.3 is 0 Å². The zero-order valence-corrected chi connectivity index (χ0v) is 15.0. The van der Waals surface area contributed by atoms with E-state index in [1.165, 1.54) is 4.90 Å². The first-order chi connectivity index (χ1) is 11.7. The predicted molar refractivity (Wildman–Crippen MR) is 94.6 cm³/mol. The number of benzene rings is 1. The number of nitrogens with two attached hydrogens (primary N) is 1. The van der Waals surface area contributed by atoms with E-state index in [2.05, 4.69) is 5.32 Å². The van der Waals surface area contributed by atoms with Crippen LogP contribution < -0.4 is 11.1 Å². The molecule has 138 valence electrons. The van der Waals surface area contributed by atoms with Gasteiger partial charge in [-0.25, -0.2) is 0 Å². The molecule has 1 rings (SSSR count). The average molecular weight is 349 g/mol. The maximum atomic E-state index is 12.4. The molecule has 1 aromatic carbocycles. The topological polar surface area (TPSA) is 113 Å². The van der Waals surface area contributed by atoms with Gasteiger partial charge in [0.25, 0.3) is 0 Å². The highest BCUT2D eigenvalue weighted by molar-refractivity contribution is 5.86. The minimum atomic E-state index is -0.473. The predicted octanol–water partition coefficient (Wildman–Crippen LogP) is 0.799. The van der Waals surface area contributed by atoms with Gasteiger partial charge < -0.3 is 21.1 Å². The van der Waals surface area contributed by atoms with E-state index in [0.29, 0.717) is 12.8 Å². The van der Waals surface area contributed by atoms with E-state index < -0.39 is 5.91 Å². The minimum Gasteiger partial charge on any atom is -0.508 e. The third kappa shape index (κ3) is 7.24. The summed E-state index contributed by atoms with van der Waals surface area (Å²) in [4.78, 5) is 36.8. The Morgan fingerprint density at radius 2 is 1.84 bits per heavy atom. The second-order valence-corrected chi connectivity index (χ2v) is 6.31. The number of amides is 3. The van der Waals surface area contributed by atoms with E-state index in [-0.39, 0.29) is 42.5 Å². The molecule has 0 heterocycles. The molecule has 0 aliphatic rings. The van der Waals surface area contributed by atoms with Crippen molar-refractivity contribution in [2.75, 3.05) is 13.6 Å². The Morgan fingerprint density at radius 1 is 1.24 bits per heavy atom. The van der Waals surface area contributed by atoms with Crippen molar-refractivity contribution < 1.29 is 19.5 Å². The number of nitrogens with one attached hydrogen (secondary N) is 1. The summed E-state index contributed by atoms with van der Waals surface area (Å²) in [6.07, 6.45) is 1.19. The van der Waals surface area contributed by atoms with Crippen molar-refractivity contribution in [3.8, 4) is 5.75 Å². The Morgan fingerprint density at radius 3 is 2.36 bits per heavy atom. The zero-order chi connectivity index (χ0) is 19.0. The van der Waals surface area contributed by atoms with Crippen LogP contribution in [0.5, 0.6) is 5.75 Å². The van der Waals surface area contributed by atoms with Crippen LogP contribution in [0.25, 0.3) is 0 Å². The molecule has 2 unspecified atom stereocenters. The monoisotopic (exact) mass is 349 g/mol. The van der Waals surface area contributed by atoms with E-state index in [1.54, 1.807) is 38.2 Å². The average Bonchev–Trinajstić information content (AvgIpc) is 2.54. The minimum absolute atomic E-state index is 0.0754. The third-order valence-electron chi connectivity index (χ3n) is 3.96. The molecular formula is C18H27N3O4. The lowest BCUT2D eigenvalue weighted by molar-refractivity contribution is -0.137. The maximum Gasteiger partial charge on any atom is 0.239 e. The highest BCUT2D eigenvalue weighted by Crippen LogP contribution is 2.14. The van der Waals surface area contributed by atoms with E-state index in [9.17, 15) is 19.5 Å². The van der Waals surface area contributed by atoms with E-state index in [4.69, 9.17) is 5.73 Å². The summed E-state index contributed by atoms with van der Waals surface area (Å²) in [5.41, 5.74) is 6.08. The first kappa shape index (κ1) is 20.5. The maximum absolute atomic E-state index is 12.4. The molecule has 7 heteroatoms. The van der Waals surface area contributed by atoms with Gasteiger partial charge in [-0.15, -0.1) is 0 Å². The Hall–Kier alpha value is -2.57. The molecule has 0 aromatic heterocycles. The molecule has 0 saturated heterocycles.